The van der Waals surface area contributed by atoms with Crippen LogP contribution in [0.5, 0.6) is 5.75 Å². The summed E-state index contributed by atoms with van der Waals surface area (Å²) in [5, 5.41) is 5.62. The highest BCUT2D eigenvalue weighted by molar-refractivity contribution is 5.94. The molecule has 1 aromatic rings. The van der Waals surface area contributed by atoms with Crippen LogP contribution in [0.3, 0.4) is 0 Å². The van der Waals surface area contributed by atoms with Gasteiger partial charge >= 0.3 is 6.09 Å². The predicted molar refractivity (Wildman–Crippen MR) is 88.7 cm³/mol. The van der Waals surface area contributed by atoms with Crippen molar-refractivity contribution in [2.45, 2.75) is 33.2 Å². The molecule has 0 saturated heterocycles. The van der Waals surface area contributed by atoms with E-state index in [0.29, 0.717) is 30.4 Å². The molecule has 0 aromatic heterocycles. The minimum atomic E-state index is -0.461. The van der Waals surface area contributed by atoms with Crippen LogP contribution >= 0.6 is 0 Å². The largest absolute Gasteiger partial charge is 0.497 e. The fourth-order valence-corrected chi connectivity index (χ4v) is 2.16. The molecule has 1 aromatic carbocycles. The minimum Gasteiger partial charge on any atom is -0.497 e. The van der Waals surface area contributed by atoms with Gasteiger partial charge < -0.3 is 20.1 Å². The maximum atomic E-state index is 12.2. The zero-order chi connectivity index (χ0) is 17.2. The zero-order valence-electron chi connectivity index (χ0n) is 14.2. The van der Waals surface area contributed by atoms with Gasteiger partial charge in [-0.3, -0.25) is 4.79 Å². The summed E-state index contributed by atoms with van der Waals surface area (Å²) in [4.78, 5) is 23.7. The molecule has 0 heterocycles. The van der Waals surface area contributed by atoms with Gasteiger partial charge in [-0.25, -0.2) is 4.79 Å². The molecule has 0 unspecified atom stereocenters. The van der Waals surface area contributed by atoms with Crippen molar-refractivity contribution >= 4 is 12.0 Å². The Hall–Kier alpha value is -2.24. The third-order valence-corrected chi connectivity index (χ3v) is 3.21. The van der Waals surface area contributed by atoms with E-state index in [1.165, 1.54) is 0 Å². The van der Waals surface area contributed by atoms with Crippen LogP contribution in [0.15, 0.2) is 24.3 Å². The summed E-state index contributed by atoms with van der Waals surface area (Å²) >= 11 is 0. The second kappa shape index (κ2) is 9.71. The first-order chi connectivity index (χ1) is 11.0. The minimum absolute atomic E-state index is 0.170. The molecule has 6 nitrogen and oxygen atoms in total. The monoisotopic (exact) mass is 322 g/mol. The van der Waals surface area contributed by atoms with Crippen LogP contribution in [-0.4, -0.2) is 38.3 Å². The average Bonchev–Trinajstić information content (AvgIpc) is 2.52. The Labute approximate surface area is 137 Å². The summed E-state index contributed by atoms with van der Waals surface area (Å²) in [6.07, 6.45) is 0.290. The fraction of sp³-hybridized carbons (Fsp3) is 0.529. The van der Waals surface area contributed by atoms with Crippen LogP contribution in [0.4, 0.5) is 4.79 Å². The summed E-state index contributed by atoms with van der Waals surface area (Å²) in [6, 6.07) is 6.69. The lowest BCUT2D eigenvalue weighted by Crippen LogP contribution is -2.44. The Kier molecular flexibility index (Phi) is 7.94. The van der Waals surface area contributed by atoms with Gasteiger partial charge in [0.1, 0.15) is 5.75 Å². The number of hydrogen-bond donors (Lipinski definition) is 2. The number of benzene rings is 1. The highest BCUT2D eigenvalue weighted by Gasteiger charge is 2.16. The second-order valence-corrected chi connectivity index (χ2v) is 5.63. The Morgan fingerprint density at radius 2 is 1.83 bits per heavy atom. The molecule has 0 saturated carbocycles. The number of methoxy groups -OCH3 is 1. The van der Waals surface area contributed by atoms with Crippen molar-refractivity contribution in [1.29, 1.82) is 0 Å². The number of carbonyl (C=O) groups is 2. The van der Waals surface area contributed by atoms with Crippen LogP contribution in [0.2, 0.25) is 0 Å². The van der Waals surface area contributed by atoms with Crippen LogP contribution < -0.4 is 15.4 Å². The SMILES string of the molecule is CCOC(=O)N[C@@H](CNC(=O)c1ccc(OC)cc1)CC(C)C. The quantitative estimate of drug-likeness (QED) is 0.771. The van der Waals surface area contributed by atoms with Crippen molar-refractivity contribution in [3.8, 4) is 5.75 Å². The highest BCUT2D eigenvalue weighted by atomic mass is 16.5. The van der Waals surface area contributed by atoms with E-state index < -0.39 is 6.09 Å². The summed E-state index contributed by atoms with van der Waals surface area (Å²) in [5.41, 5.74) is 0.547. The Morgan fingerprint density at radius 3 is 2.35 bits per heavy atom. The van der Waals surface area contributed by atoms with Crippen molar-refractivity contribution in [1.82, 2.24) is 10.6 Å². The van der Waals surface area contributed by atoms with Crippen LogP contribution in [0, 0.1) is 5.92 Å². The fourth-order valence-electron chi connectivity index (χ4n) is 2.16. The number of alkyl carbamates (subject to hydrolysis) is 1. The molecule has 0 bridgehead atoms. The maximum absolute atomic E-state index is 12.2. The van der Waals surface area contributed by atoms with E-state index in [2.05, 4.69) is 24.5 Å². The van der Waals surface area contributed by atoms with Gasteiger partial charge in [-0.2, -0.15) is 0 Å². The van der Waals surface area contributed by atoms with E-state index in [9.17, 15) is 9.59 Å². The molecule has 0 aliphatic heterocycles. The topological polar surface area (TPSA) is 76.7 Å². The van der Waals surface area contributed by atoms with Crippen LogP contribution in [-0.2, 0) is 4.74 Å². The van der Waals surface area contributed by atoms with Gasteiger partial charge in [-0.05, 0) is 43.5 Å². The number of ether oxygens (including phenoxy) is 2. The molecule has 0 aliphatic carbocycles. The van der Waals surface area contributed by atoms with E-state index in [-0.39, 0.29) is 11.9 Å². The lowest BCUT2D eigenvalue weighted by molar-refractivity contribution is 0.0944. The molecule has 0 aliphatic rings. The Morgan fingerprint density at radius 1 is 1.17 bits per heavy atom. The molecule has 1 rings (SSSR count). The molecule has 0 radical (unpaired) electrons. The summed E-state index contributed by atoms with van der Waals surface area (Å²) in [5.74, 6) is 0.898. The Balaban J connectivity index is 2.57. The number of rotatable bonds is 8. The molecule has 2 amide bonds. The predicted octanol–water partition coefficient (Wildman–Crippen LogP) is 2.59. The number of hydrogen-bond acceptors (Lipinski definition) is 4. The first-order valence-electron chi connectivity index (χ1n) is 7.81. The third-order valence-electron chi connectivity index (χ3n) is 3.21. The first kappa shape index (κ1) is 18.8. The molecule has 1 atom stereocenters. The number of amides is 2. The number of carbonyl (C=O) groups excluding carboxylic acids is 2. The molecule has 128 valence electrons. The van der Waals surface area contributed by atoms with Gasteiger partial charge in [0.05, 0.1) is 13.7 Å². The highest BCUT2D eigenvalue weighted by Crippen LogP contribution is 2.11. The summed E-state index contributed by atoms with van der Waals surface area (Å²) in [7, 11) is 1.58. The van der Waals surface area contributed by atoms with Gasteiger partial charge in [0, 0.05) is 18.2 Å². The lowest BCUT2D eigenvalue weighted by Gasteiger charge is -2.20. The lowest BCUT2D eigenvalue weighted by atomic mass is 10.0. The molecule has 0 fully saturated rings. The van der Waals surface area contributed by atoms with Crippen LogP contribution in [0.25, 0.3) is 0 Å². The summed E-state index contributed by atoms with van der Waals surface area (Å²) < 4.78 is 9.96. The van der Waals surface area contributed by atoms with Crippen molar-refractivity contribution < 1.29 is 19.1 Å². The summed E-state index contributed by atoms with van der Waals surface area (Å²) in [6.45, 7) is 6.54. The van der Waals surface area contributed by atoms with Crippen LogP contribution in [0.1, 0.15) is 37.6 Å². The first-order valence-corrected chi connectivity index (χ1v) is 7.81. The molecule has 6 heteroatoms. The van der Waals surface area contributed by atoms with Gasteiger partial charge in [-0.15, -0.1) is 0 Å². The van der Waals surface area contributed by atoms with Crippen molar-refractivity contribution in [3.05, 3.63) is 29.8 Å². The normalized spacial score (nSPS) is 11.7. The van der Waals surface area contributed by atoms with Gasteiger partial charge in [0.25, 0.3) is 5.91 Å². The van der Waals surface area contributed by atoms with Gasteiger partial charge in [0.15, 0.2) is 0 Å². The van der Waals surface area contributed by atoms with E-state index in [0.717, 1.165) is 6.42 Å². The molecule has 23 heavy (non-hydrogen) atoms. The Bertz CT molecular complexity index is 500. The van der Waals surface area contributed by atoms with E-state index in [4.69, 9.17) is 9.47 Å². The molecular weight excluding hydrogens is 296 g/mol. The molecule has 2 N–H and O–H groups in total. The standard InChI is InChI=1S/C17H26N2O4/c1-5-23-17(21)19-14(10-12(2)3)11-18-16(20)13-6-8-15(22-4)9-7-13/h6-9,12,14H,5,10-11H2,1-4H3,(H,18,20)(H,19,21)/t14-/m1/s1. The maximum Gasteiger partial charge on any atom is 0.407 e. The van der Waals surface area contributed by atoms with E-state index in [1.54, 1.807) is 38.3 Å². The van der Waals surface area contributed by atoms with Crippen molar-refractivity contribution in [2.24, 2.45) is 5.92 Å². The van der Waals surface area contributed by atoms with E-state index >= 15 is 0 Å². The van der Waals surface area contributed by atoms with E-state index in [1.807, 2.05) is 0 Å². The van der Waals surface area contributed by atoms with Crippen molar-refractivity contribution in [3.63, 3.8) is 0 Å². The zero-order valence-corrected chi connectivity index (χ0v) is 14.2. The van der Waals surface area contributed by atoms with Crippen molar-refractivity contribution in [2.75, 3.05) is 20.3 Å². The van der Waals surface area contributed by atoms with Gasteiger partial charge in [0.2, 0.25) is 0 Å². The number of nitrogens with one attached hydrogen (secondary N) is 2. The molecular formula is C17H26N2O4. The van der Waals surface area contributed by atoms with Gasteiger partial charge in [-0.1, -0.05) is 13.8 Å². The average molecular weight is 322 g/mol. The smallest absolute Gasteiger partial charge is 0.407 e. The second-order valence-electron chi connectivity index (χ2n) is 5.63. The third kappa shape index (κ3) is 7.04. The molecule has 0 spiro atoms.